The monoisotopic (exact) mass is 369 g/mol. The molecule has 0 saturated carbocycles. The van der Waals surface area contributed by atoms with Crippen molar-refractivity contribution in [3.05, 3.63) is 63.5 Å². The summed E-state index contributed by atoms with van der Waals surface area (Å²) in [4.78, 5) is 30.2. The van der Waals surface area contributed by atoms with Crippen LogP contribution in [-0.4, -0.2) is 22.7 Å². The number of aromatic amines is 1. The smallest absolute Gasteiger partial charge is 0.247 e. The van der Waals surface area contributed by atoms with Gasteiger partial charge in [-0.3, -0.25) is 9.59 Å². The van der Waals surface area contributed by atoms with Crippen LogP contribution in [0.15, 0.2) is 46.7 Å². The van der Waals surface area contributed by atoms with Crippen LogP contribution in [-0.2, 0) is 17.8 Å². The summed E-state index contributed by atoms with van der Waals surface area (Å²) in [7, 11) is 0. The number of amides is 1. The maximum Gasteiger partial charge on any atom is 0.247 e. The lowest BCUT2D eigenvalue weighted by atomic mass is 10.2. The topological polar surface area (TPSA) is 93.3 Å². The van der Waals surface area contributed by atoms with E-state index in [1.54, 1.807) is 12.3 Å². The highest BCUT2D eigenvalue weighted by atomic mass is 32.1. The van der Waals surface area contributed by atoms with E-state index in [2.05, 4.69) is 15.3 Å². The minimum atomic E-state index is -0.168. The lowest BCUT2D eigenvalue weighted by Crippen LogP contribution is -2.25. The second kappa shape index (κ2) is 7.01. The molecule has 0 radical (unpaired) electrons. The summed E-state index contributed by atoms with van der Waals surface area (Å²) in [5, 5.41) is 5.52. The predicted octanol–water partition coefficient (Wildman–Crippen LogP) is 2.09. The van der Waals surface area contributed by atoms with Gasteiger partial charge in [0, 0.05) is 29.8 Å². The van der Waals surface area contributed by atoms with Crippen LogP contribution in [0.2, 0.25) is 0 Å². The van der Waals surface area contributed by atoms with Crippen molar-refractivity contribution in [1.29, 1.82) is 0 Å². The fourth-order valence-corrected chi connectivity index (χ4v) is 3.35. The molecule has 0 bridgehead atoms. The Kier molecular flexibility index (Phi) is 4.40. The molecule has 1 aliphatic rings. The molecule has 0 spiro atoms. The molecule has 0 aliphatic carbocycles. The molecule has 1 aromatic carbocycles. The third-order valence-electron chi connectivity index (χ3n) is 3.85. The van der Waals surface area contributed by atoms with Gasteiger partial charge in [0.15, 0.2) is 11.5 Å². The first-order valence-corrected chi connectivity index (χ1v) is 8.84. The number of nitrogens with zero attached hydrogens (tertiary/aromatic N) is 1. The van der Waals surface area contributed by atoms with Gasteiger partial charge in [-0.15, -0.1) is 11.3 Å². The van der Waals surface area contributed by atoms with Crippen LogP contribution in [0.25, 0.3) is 10.6 Å². The van der Waals surface area contributed by atoms with Gasteiger partial charge in [-0.1, -0.05) is 6.07 Å². The number of ether oxygens (including phenoxy) is 2. The summed E-state index contributed by atoms with van der Waals surface area (Å²) in [5.74, 6) is 1.31. The van der Waals surface area contributed by atoms with Gasteiger partial charge in [-0.25, -0.2) is 4.98 Å². The number of fused-ring (bicyclic) bond motifs is 1. The van der Waals surface area contributed by atoms with Gasteiger partial charge in [0.25, 0.3) is 0 Å². The van der Waals surface area contributed by atoms with Crippen molar-refractivity contribution in [2.45, 2.75) is 13.0 Å². The quantitative estimate of drug-likeness (QED) is 0.718. The lowest BCUT2D eigenvalue weighted by Gasteiger charge is -2.03. The van der Waals surface area contributed by atoms with Crippen molar-refractivity contribution in [3.8, 4) is 22.1 Å². The Balaban J connectivity index is 1.38. The largest absolute Gasteiger partial charge is 0.454 e. The van der Waals surface area contributed by atoms with Crippen molar-refractivity contribution in [1.82, 2.24) is 15.3 Å². The molecule has 0 fully saturated rings. The highest BCUT2D eigenvalue weighted by Crippen LogP contribution is 2.36. The predicted molar refractivity (Wildman–Crippen MR) is 96.3 cm³/mol. The highest BCUT2D eigenvalue weighted by molar-refractivity contribution is 7.13. The fourth-order valence-electron chi connectivity index (χ4n) is 2.53. The molecule has 3 heterocycles. The SMILES string of the molecule is O=C(Cc1csc(-c2ccc3c(c2)OCO3)n1)NCc1ccc(=O)[nH]c1. The van der Waals surface area contributed by atoms with Crippen LogP contribution in [0.1, 0.15) is 11.3 Å². The van der Waals surface area contributed by atoms with E-state index in [1.165, 1.54) is 17.4 Å². The fraction of sp³-hybridized carbons (Fsp3) is 0.167. The summed E-state index contributed by atoms with van der Waals surface area (Å²) >= 11 is 1.48. The Morgan fingerprint density at radius 2 is 2.12 bits per heavy atom. The molecule has 3 aromatic rings. The number of nitrogens with one attached hydrogen (secondary N) is 2. The molecule has 2 N–H and O–H groups in total. The number of carbonyl (C=O) groups is 1. The Morgan fingerprint density at radius 3 is 2.96 bits per heavy atom. The van der Waals surface area contributed by atoms with E-state index in [0.717, 1.165) is 21.9 Å². The van der Waals surface area contributed by atoms with E-state index in [-0.39, 0.29) is 24.7 Å². The van der Waals surface area contributed by atoms with Gasteiger partial charge in [-0.2, -0.15) is 0 Å². The van der Waals surface area contributed by atoms with Crippen molar-refractivity contribution in [3.63, 3.8) is 0 Å². The number of benzene rings is 1. The van der Waals surface area contributed by atoms with Crippen LogP contribution < -0.4 is 20.3 Å². The first-order chi connectivity index (χ1) is 12.7. The van der Waals surface area contributed by atoms with Gasteiger partial charge in [-0.05, 0) is 23.8 Å². The number of H-pyrrole nitrogens is 1. The number of hydrogen-bond donors (Lipinski definition) is 2. The molecule has 26 heavy (non-hydrogen) atoms. The zero-order valence-electron chi connectivity index (χ0n) is 13.7. The molecule has 8 heteroatoms. The molecule has 0 atom stereocenters. The van der Waals surface area contributed by atoms with E-state index in [0.29, 0.717) is 18.0 Å². The Bertz CT molecular complexity index is 991. The first-order valence-electron chi connectivity index (χ1n) is 7.96. The maximum absolute atomic E-state index is 12.1. The lowest BCUT2D eigenvalue weighted by molar-refractivity contribution is -0.120. The number of thiazole rings is 1. The minimum absolute atomic E-state index is 0.126. The molecular weight excluding hydrogens is 354 g/mol. The molecule has 132 valence electrons. The average Bonchev–Trinajstić information content (AvgIpc) is 3.29. The Hall–Kier alpha value is -3.13. The van der Waals surface area contributed by atoms with Crippen LogP contribution >= 0.6 is 11.3 Å². The van der Waals surface area contributed by atoms with Gasteiger partial charge in [0.05, 0.1) is 12.1 Å². The zero-order chi connectivity index (χ0) is 17.9. The van der Waals surface area contributed by atoms with Gasteiger partial charge in [0.2, 0.25) is 18.3 Å². The molecular formula is C18H15N3O4S. The van der Waals surface area contributed by atoms with Gasteiger partial charge < -0.3 is 19.8 Å². The van der Waals surface area contributed by atoms with Crippen molar-refractivity contribution in [2.24, 2.45) is 0 Å². The molecule has 0 unspecified atom stereocenters. The number of aromatic nitrogens is 2. The summed E-state index contributed by atoms with van der Waals surface area (Å²) in [5.41, 5.74) is 2.30. The van der Waals surface area contributed by atoms with E-state index in [4.69, 9.17) is 9.47 Å². The zero-order valence-corrected chi connectivity index (χ0v) is 14.5. The maximum atomic E-state index is 12.1. The highest BCUT2D eigenvalue weighted by Gasteiger charge is 2.15. The van der Waals surface area contributed by atoms with E-state index in [1.807, 2.05) is 23.6 Å². The van der Waals surface area contributed by atoms with Crippen molar-refractivity contribution in [2.75, 3.05) is 6.79 Å². The molecule has 1 aliphatic heterocycles. The standard InChI is InChI=1S/C18H15N3O4S/c22-16-4-1-11(7-19-16)8-20-17(23)6-13-9-26-18(21-13)12-2-3-14-15(5-12)25-10-24-14/h1-5,7,9H,6,8,10H2,(H,19,22)(H,20,23). The third-order valence-corrected chi connectivity index (χ3v) is 4.79. The third kappa shape index (κ3) is 3.60. The number of hydrogen-bond acceptors (Lipinski definition) is 6. The number of pyridine rings is 1. The van der Waals surface area contributed by atoms with E-state index in [9.17, 15) is 9.59 Å². The van der Waals surface area contributed by atoms with Gasteiger partial charge in [0.1, 0.15) is 5.01 Å². The van der Waals surface area contributed by atoms with Crippen LogP contribution in [0.3, 0.4) is 0 Å². The summed E-state index contributed by atoms with van der Waals surface area (Å²) < 4.78 is 10.7. The summed E-state index contributed by atoms with van der Waals surface area (Å²) in [6.07, 6.45) is 1.79. The normalized spacial score (nSPS) is 12.2. The average molecular weight is 369 g/mol. The molecule has 0 saturated heterocycles. The van der Waals surface area contributed by atoms with E-state index < -0.39 is 0 Å². The van der Waals surface area contributed by atoms with Crippen molar-refractivity contribution < 1.29 is 14.3 Å². The van der Waals surface area contributed by atoms with E-state index >= 15 is 0 Å². The Labute approximate surface area is 152 Å². The number of carbonyl (C=O) groups excluding carboxylic acids is 1. The number of rotatable bonds is 5. The molecule has 4 rings (SSSR count). The minimum Gasteiger partial charge on any atom is -0.454 e. The summed E-state index contributed by atoms with van der Waals surface area (Å²) in [6.45, 7) is 0.589. The van der Waals surface area contributed by atoms with Crippen LogP contribution in [0.5, 0.6) is 11.5 Å². The van der Waals surface area contributed by atoms with Crippen LogP contribution in [0, 0.1) is 0 Å². The van der Waals surface area contributed by atoms with Crippen LogP contribution in [0.4, 0.5) is 0 Å². The molecule has 2 aromatic heterocycles. The summed E-state index contributed by atoms with van der Waals surface area (Å²) in [6, 6.07) is 8.78. The molecule has 7 nitrogen and oxygen atoms in total. The molecule has 1 amide bonds. The second-order valence-electron chi connectivity index (χ2n) is 5.73. The van der Waals surface area contributed by atoms with Crippen molar-refractivity contribution >= 4 is 17.2 Å². The van der Waals surface area contributed by atoms with Gasteiger partial charge >= 0.3 is 0 Å². The first kappa shape index (κ1) is 16.3. The second-order valence-corrected chi connectivity index (χ2v) is 6.58. The Morgan fingerprint density at radius 1 is 1.23 bits per heavy atom.